The number of aromatic nitrogens is 3. The molecule has 1 aliphatic heterocycles. The van der Waals surface area contributed by atoms with Gasteiger partial charge in [-0.25, -0.2) is 8.42 Å². The molecule has 0 aliphatic carbocycles. The van der Waals surface area contributed by atoms with Crippen LogP contribution in [-0.2, 0) is 27.6 Å². The van der Waals surface area contributed by atoms with Crippen molar-refractivity contribution in [2.45, 2.75) is 46.2 Å². The van der Waals surface area contributed by atoms with Gasteiger partial charge in [0, 0.05) is 13.0 Å². The number of carbonyl (C=O) groups is 1. The number of hydrogen-bond acceptors (Lipinski definition) is 5. The summed E-state index contributed by atoms with van der Waals surface area (Å²) in [5, 5.41) is 10.9. The predicted molar refractivity (Wildman–Crippen MR) is 78.4 cm³/mol. The van der Waals surface area contributed by atoms with Gasteiger partial charge in [-0.15, -0.1) is 10.2 Å². The Morgan fingerprint density at radius 3 is 2.71 bits per heavy atom. The van der Waals surface area contributed by atoms with Gasteiger partial charge in [0.05, 0.1) is 11.8 Å². The molecule has 8 heteroatoms. The van der Waals surface area contributed by atoms with Gasteiger partial charge in [-0.3, -0.25) is 4.79 Å². The Bertz CT molecular complexity index is 621. The van der Waals surface area contributed by atoms with Crippen molar-refractivity contribution in [3.63, 3.8) is 0 Å². The Balaban J connectivity index is 1.96. The SMILES string of the molecule is CC(C)CS(=O)(=O)CC(=O)N[C@H](C)c1nnc2n1CCC2. The molecule has 1 amide bonds. The first-order valence-corrected chi connectivity index (χ1v) is 9.02. The fourth-order valence-electron chi connectivity index (χ4n) is 2.61. The smallest absolute Gasteiger partial charge is 0.235 e. The van der Waals surface area contributed by atoms with Crippen molar-refractivity contribution in [2.24, 2.45) is 5.92 Å². The van der Waals surface area contributed by atoms with Crippen LogP contribution in [0.5, 0.6) is 0 Å². The van der Waals surface area contributed by atoms with Crippen LogP contribution in [0.1, 0.15) is 44.9 Å². The molecule has 0 radical (unpaired) electrons. The maximum absolute atomic E-state index is 11.9. The fraction of sp³-hybridized carbons (Fsp3) is 0.769. The van der Waals surface area contributed by atoms with E-state index in [1.165, 1.54) is 0 Å². The van der Waals surface area contributed by atoms with E-state index in [2.05, 4.69) is 15.5 Å². The molecule has 1 aromatic rings. The molecule has 1 N–H and O–H groups in total. The van der Waals surface area contributed by atoms with E-state index >= 15 is 0 Å². The van der Waals surface area contributed by atoms with E-state index in [1.54, 1.807) is 6.92 Å². The molecule has 1 atom stereocenters. The zero-order chi connectivity index (χ0) is 15.6. The molecule has 0 saturated carbocycles. The van der Waals surface area contributed by atoms with Gasteiger partial charge in [-0.2, -0.15) is 0 Å². The molecule has 21 heavy (non-hydrogen) atoms. The normalized spacial score (nSPS) is 16.0. The molecule has 2 rings (SSSR count). The molecule has 1 aromatic heterocycles. The van der Waals surface area contributed by atoms with Crippen molar-refractivity contribution in [2.75, 3.05) is 11.5 Å². The van der Waals surface area contributed by atoms with Crippen molar-refractivity contribution in [1.82, 2.24) is 20.1 Å². The Morgan fingerprint density at radius 1 is 1.33 bits per heavy atom. The van der Waals surface area contributed by atoms with Gasteiger partial charge in [0.25, 0.3) is 0 Å². The molecule has 2 heterocycles. The minimum atomic E-state index is -3.36. The number of rotatable bonds is 6. The Kier molecular flexibility index (Phi) is 4.65. The minimum Gasteiger partial charge on any atom is -0.345 e. The molecule has 118 valence electrons. The summed E-state index contributed by atoms with van der Waals surface area (Å²) in [7, 11) is -3.36. The maximum Gasteiger partial charge on any atom is 0.235 e. The number of hydrogen-bond donors (Lipinski definition) is 1. The van der Waals surface area contributed by atoms with Gasteiger partial charge < -0.3 is 9.88 Å². The van der Waals surface area contributed by atoms with Crippen LogP contribution in [0, 0.1) is 5.92 Å². The van der Waals surface area contributed by atoms with Crippen molar-refractivity contribution in [3.05, 3.63) is 11.6 Å². The second-order valence-electron chi connectivity index (χ2n) is 5.97. The van der Waals surface area contributed by atoms with Crippen LogP contribution in [-0.4, -0.2) is 40.6 Å². The Labute approximate surface area is 125 Å². The van der Waals surface area contributed by atoms with Gasteiger partial charge in [-0.05, 0) is 19.3 Å². The van der Waals surface area contributed by atoms with Crippen molar-refractivity contribution < 1.29 is 13.2 Å². The van der Waals surface area contributed by atoms with E-state index in [1.807, 2.05) is 18.4 Å². The van der Waals surface area contributed by atoms with Crippen molar-refractivity contribution in [3.8, 4) is 0 Å². The highest BCUT2D eigenvalue weighted by atomic mass is 32.2. The van der Waals surface area contributed by atoms with Crippen LogP contribution in [0.2, 0.25) is 0 Å². The summed E-state index contributed by atoms with van der Waals surface area (Å²) in [6.45, 7) is 6.28. The third-order valence-corrected chi connectivity index (χ3v) is 5.22. The fourth-order valence-corrected chi connectivity index (χ4v) is 4.22. The zero-order valence-corrected chi connectivity index (χ0v) is 13.5. The van der Waals surface area contributed by atoms with Crippen LogP contribution < -0.4 is 5.32 Å². The highest BCUT2D eigenvalue weighted by molar-refractivity contribution is 7.92. The van der Waals surface area contributed by atoms with E-state index in [0.29, 0.717) is 5.82 Å². The predicted octanol–water partition coefficient (Wildman–Crippen LogP) is 0.472. The third-order valence-electron chi connectivity index (χ3n) is 3.34. The summed E-state index contributed by atoms with van der Waals surface area (Å²) >= 11 is 0. The average molecular weight is 314 g/mol. The van der Waals surface area contributed by atoms with Crippen LogP contribution in [0.25, 0.3) is 0 Å². The number of aryl methyl sites for hydroxylation is 1. The molecule has 0 unspecified atom stereocenters. The molecule has 0 bridgehead atoms. The number of sulfone groups is 1. The van der Waals surface area contributed by atoms with Crippen LogP contribution >= 0.6 is 0 Å². The molecule has 7 nitrogen and oxygen atoms in total. The van der Waals surface area contributed by atoms with Gasteiger partial charge >= 0.3 is 0 Å². The van der Waals surface area contributed by atoms with E-state index in [4.69, 9.17) is 0 Å². The first kappa shape index (κ1) is 15.9. The summed E-state index contributed by atoms with van der Waals surface area (Å²) in [6, 6.07) is -0.342. The molecular weight excluding hydrogens is 292 g/mol. The van der Waals surface area contributed by atoms with Gasteiger partial charge in [-0.1, -0.05) is 13.8 Å². The summed E-state index contributed by atoms with van der Waals surface area (Å²) in [5.41, 5.74) is 0. The van der Waals surface area contributed by atoms with Crippen LogP contribution in [0.15, 0.2) is 0 Å². The summed E-state index contributed by atoms with van der Waals surface area (Å²) < 4.78 is 25.6. The highest BCUT2D eigenvalue weighted by Gasteiger charge is 2.24. The minimum absolute atomic E-state index is 0.0139. The lowest BCUT2D eigenvalue weighted by atomic mass is 10.3. The second kappa shape index (κ2) is 6.13. The zero-order valence-electron chi connectivity index (χ0n) is 12.7. The lowest BCUT2D eigenvalue weighted by Gasteiger charge is -2.14. The van der Waals surface area contributed by atoms with E-state index in [9.17, 15) is 13.2 Å². The van der Waals surface area contributed by atoms with E-state index in [-0.39, 0.29) is 17.7 Å². The molecular formula is C13H22N4O3S. The Hall–Kier alpha value is -1.44. The lowest BCUT2D eigenvalue weighted by Crippen LogP contribution is -2.34. The first-order valence-electron chi connectivity index (χ1n) is 7.20. The number of amides is 1. The molecule has 1 aliphatic rings. The summed E-state index contributed by atoms with van der Waals surface area (Å²) in [5.74, 6) is 0.695. The standard InChI is InChI=1S/C13H22N4O3S/c1-9(2)7-21(19,20)8-12(18)14-10(3)13-16-15-11-5-4-6-17(11)13/h9-10H,4-8H2,1-3H3,(H,14,18)/t10-/m1/s1. The van der Waals surface area contributed by atoms with Crippen molar-refractivity contribution >= 4 is 15.7 Å². The average Bonchev–Trinajstić information content (AvgIpc) is 2.85. The largest absolute Gasteiger partial charge is 0.345 e. The Morgan fingerprint density at radius 2 is 2.05 bits per heavy atom. The topological polar surface area (TPSA) is 93.9 Å². The van der Waals surface area contributed by atoms with Crippen LogP contribution in [0.4, 0.5) is 0 Å². The lowest BCUT2D eigenvalue weighted by molar-refractivity contribution is -0.119. The number of nitrogens with zero attached hydrogens (tertiary/aromatic N) is 3. The molecule has 0 aromatic carbocycles. The quantitative estimate of drug-likeness (QED) is 0.824. The highest BCUT2D eigenvalue weighted by Crippen LogP contribution is 2.18. The maximum atomic E-state index is 11.9. The van der Waals surface area contributed by atoms with E-state index < -0.39 is 21.5 Å². The third kappa shape index (κ3) is 4.03. The molecule has 0 fully saturated rings. The molecule has 0 spiro atoms. The van der Waals surface area contributed by atoms with Gasteiger partial charge in [0.1, 0.15) is 11.6 Å². The molecule has 0 saturated heterocycles. The van der Waals surface area contributed by atoms with Crippen LogP contribution in [0.3, 0.4) is 0 Å². The monoisotopic (exact) mass is 314 g/mol. The second-order valence-corrected chi connectivity index (χ2v) is 8.08. The van der Waals surface area contributed by atoms with E-state index in [0.717, 1.165) is 25.2 Å². The van der Waals surface area contributed by atoms with Gasteiger partial charge in [0.15, 0.2) is 15.7 Å². The number of carbonyl (C=O) groups excluding carboxylic acids is 1. The van der Waals surface area contributed by atoms with Crippen molar-refractivity contribution in [1.29, 1.82) is 0 Å². The first-order chi connectivity index (χ1) is 9.78. The van der Waals surface area contributed by atoms with Gasteiger partial charge in [0.2, 0.25) is 5.91 Å². The summed E-state index contributed by atoms with van der Waals surface area (Å²) in [4.78, 5) is 11.9. The number of fused-ring (bicyclic) bond motifs is 1. The number of nitrogens with one attached hydrogen (secondary N) is 1. The summed E-state index contributed by atoms with van der Waals surface area (Å²) in [6.07, 6.45) is 1.93.